The highest BCUT2D eigenvalue weighted by atomic mass is 79.9. The number of hydrogen-bond acceptors (Lipinski definition) is 3. The van der Waals surface area contributed by atoms with Crippen LogP contribution in [-0.4, -0.2) is 18.7 Å². The average molecular weight is 333 g/mol. The van der Waals surface area contributed by atoms with Gasteiger partial charge in [0.1, 0.15) is 5.75 Å². The van der Waals surface area contributed by atoms with E-state index in [1.54, 1.807) is 12.3 Å². The Hall–Kier alpha value is -2.14. The molecule has 20 heavy (non-hydrogen) atoms. The fraction of sp³-hybridized carbons (Fsp3) is 0.0667. The van der Waals surface area contributed by atoms with Crippen LogP contribution in [0.2, 0.25) is 0 Å². The van der Waals surface area contributed by atoms with Crippen molar-refractivity contribution in [3.8, 4) is 5.75 Å². The Labute approximate surface area is 125 Å². The molecule has 0 aliphatic heterocycles. The van der Waals surface area contributed by atoms with E-state index in [2.05, 4.69) is 26.5 Å². The molecule has 5 heteroatoms. The number of carbonyl (C=O) groups excluding carboxylic acids is 1. The monoisotopic (exact) mass is 332 g/mol. The van der Waals surface area contributed by atoms with Gasteiger partial charge in [0.05, 0.1) is 10.7 Å². The van der Waals surface area contributed by atoms with Gasteiger partial charge in [0, 0.05) is 0 Å². The van der Waals surface area contributed by atoms with Gasteiger partial charge in [-0.3, -0.25) is 4.79 Å². The van der Waals surface area contributed by atoms with Gasteiger partial charge in [-0.2, -0.15) is 5.10 Å². The smallest absolute Gasteiger partial charge is 0.277 e. The van der Waals surface area contributed by atoms with Gasteiger partial charge in [0.25, 0.3) is 5.91 Å². The quantitative estimate of drug-likeness (QED) is 0.676. The number of amides is 1. The number of para-hydroxylation sites is 1. The maximum absolute atomic E-state index is 11.6. The number of nitrogens with one attached hydrogen (secondary N) is 1. The lowest BCUT2D eigenvalue weighted by Crippen LogP contribution is -2.24. The summed E-state index contributed by atoms with van der Waals surface area (Å²) in [5, 5.41) is 3.86. The Morgan fingerprint density at radius 1 is 1.15 bits per heavy atom. The van der Waals surface area contributed by atoms with Crippen molar-refractivity contribution in [1.82, 2.24) is 5.43 Å². The van der Waals surface area contributed by atoms with Crippen molar-refractivity contribution >= 4 is 28.1 Å². The number of hydrazone groups is 1. The largest absolute Gasteiger partial charge is 0.483 e. The molecule has 0 fully saturated rings. The van der Waals surface area contributed by atoms with Gasteiger partial charge in [-0.15, -0.1) is 0 Å². The molecule has 0 saturated carbocycles. The molecule has 0 aliphatic rings. The first-order chi connectivity index (χ1) is 9.75. The normalized spacial score (nSPS) is 10.4. The SMILES string of the molecule is O=C(COc1ccccc1Br)N/N=C/c1ccccc1. The van der Waals surface area contributed by atoms with Gasteiger partial charge in [-0.05, 0) is 33.6 Å². The van der Waals surface area contributed by atoms with Gasteiger partial charge in [0.2, 0.25) is 0 Å². The summed E-state index contributed by atoms with van der Waals surface area (Å²) in [5.41, 5.74) is 3.33. The predicted molar refractivity (Wildman–Crippen MR) is 81.8 cm³/mol. The summed E-state index contributed by atoms with van der Waals surface area (Å²) in [7, 11) is 0. The van der Waals surface area contributed by atoms with Crippen LogP contribution in [-0.2, 0) is 4.79 Å². The third-order valence-corrected chi connectivity index (χ3v) is 3.05. The summed E-state index contributed by atoms with van der Waals surface area (Å²) < 4.78 is 6.17. The highest BCUT2D eigenvalue weighted by Gasteiger charge is 2.03. The van der Waals surface area contributed by atoms with Crippen LogP contribution in [0.3, 0.4) is 0 Å². The number of rotatable bonds is 5. The first-order valence-corrected chi connectivity index (χ1v) is 6.79. The number of nitrogens with zero attached hydrogens (tertiary/aromatic N) is 1. The van der Waals surface area contributed by atoms with Crippen molar-refractivity contribution in [2.45, 2.75) is 0 Å². The topological polar surface area (TPSA) is 50.7 Å². The maximum Gasteiger partial charge on any atom is 0.277 e. The van der Waals surface area contributed by atoms with Crippen molar-refractivity contribution < 1.29 is 9.53 Å². The van der Waals surface area contributed by atoms with E-state index >= 15 is 0 Å². The van der Waals surface area contributed by atoms with Crippen LogP contribution in [0.5, 0.6) is 5.75 Å². The number of benzene rings is 2. The van der Waals surface area contributed by atoms with E-state index in [1.807, 2.05) is 48.5 Å². The van der Waals surface area contributed by atoms with Crippen LogP contribution in [0.15, 0.2) is 64.2 Å². The van der Waals surface area contributed by atoms with E-state index in [4.69, 9.17) is 4.74 Å². The summed E-state index contributed by atoms with van der Waals surface area (Å²) in [6.45, 7) is -0.0885. The molecule has 1 amide bonds. The van der Waals surface area contributed by atoms with E-state index in [1.165, 1.54) is 0 Å². The molecule has 0 spiro atoms. The van der Waals surface area contributed by atoms with E-state index in [-0.39, 0.29) is 12.5 Å². The zero-order valence-corrected chi connectivity index (χ0v) is 12.2. The zero-order chi connectivity index (χ0) is 14.2. The van der Waals surface area contributed by atoms with Crippen LogP contribution >= 0.6 is 15.9 Å². The van der Waals surface area contributed by atoms with Crippen molar-refractivity contribution in [3.05, 3.63) is 64.6 Å². The first-order valence-electron chi connectivity index (χ1n) is 6.00. The van der Waals surface area contributed by atoms with Gasteiger partial charge < -0.3 is 4.74 Å². The van der Waals surface area contributed by atoms with Crippen LogP contribution in [0.25, 0.3) is 0 Å². The summed E-state index contributed by atoms with van der Waals surface area (Å²) in [5.74, 6) is 0.308. The lowest BCUT2D eigenvalue weighted by Gasteiger charge is -2.06. The molecule has 1 N–H and O–H groups in total. The molecule has 2 aromatic rings. The van der Waals surface area contributed by atoms with E-state index in [0.717, 1.165) is 10.0 Å². The summed E-state index contributed by atoms with van der Waals surface area (Å²) in [4.78, 5) is 11.6. The standard InChI is InChI=1S/C15H13BrN2O2/c16-13-8-4-5-9-14(13)20-11-15(19)18-17-10-12-6-2-1-3-7-12/h1-10H,11H2,(H,18,19)/b17-10+. The van der Waals surface area contributed by atoms with E-state index in [0.29, 0.717) is 5.75 Å². The van der Waals surface area contributed by atoms with E-state index in [9.17, 15) is 4.79 Å². The zero-order valence-electron chi connectivity index (χ0n) is 10.6. The highest BCUT2D eigenvalue weighted by molar-refractivity contribution is 9.10. The Morgan fingerprint density at radius 3 is 2.60 bits per heavy atom. The fourth-order valence-corrected chi connectivity index (χ4v) is 1.85. The van der Waals surface area contributed by atoms with Crippen molar-refractivity contribution in [2.75, 3.05) is 6.61 Å². The van der Waals surface area contributed by atoms with Crippen molar-refractivity contribution in [1.29, 1.82) is 0 Å². The van der Waals surface area contributed by atoms with Crippen molar-refractivity contribution in [2.24, 2.45) is 5.10 Å². The molecule has 0 aliphatic carbocycles. The minimum Gasteiger partial charge on any atom is -0.483 e. The molecule has 102 valence electrons. The molecular formula is C15H13BrN2O2. The van der Waals surface area contributed by atoms with Gasteiger partial charge in [-0.25, -0.2) is 5.43 Å². The molecule has 0 heterocycles. The molecule has 2 aromatic carbocycles. The Bertz CT molecular complexity index is 600. The lowest BCUT2D eigenvalue weighted by molar-refractivity contribution is -0.123. The lowest BCUT2D eigenvalue weighted by atomic mass is 10.2. The second kappa shape index (κ2) is 7.45. The number of carbonyl (C=O) groups is 1. The first kappa shape index (κ1) is 14.3. The molecule has 0 radical (unpaired) electrons. The van der Waals surface area contributed by atoms with Crippen LogP contribution < -0.4 is 10.2 Å². The molecular weight excluding hydrogens is 320 g/mol. The summed E-state index contributed by atoms with van der Waals surface area (Å²) in [6.07, 6.45) is 1.58. The van der Waals surface area contributed by atoms with Crippen molar-refractivity contribution in [3.63, 3.8) is 0 Å². The van der Waals surface area contributed by atoms with Crippen LogP contribution in [0.1, 0.15) is 5.56 Å². The Morgan fingerprint density at radius 2 is 1.85 bits per heavy atom. The minimum absolute atomic E-state index is 0.0885. The molecule has 0 bridgehead atoms. The Kier molecular flexibility index (Phi) is 5.32. The third kappa shape index (κ3) is 4.51. The predicted octanol–water partition coefficient (Wildman–Crippen LogP) is 2.98. The van der Waals surface area contributed by atoms with Gasteiger partial charge in [0.15, 0.2) is 6.61 Å². The van der Waals surface area contributed by atoms with Crippen LogP contribution in [0, 0.1) is 0 Å². The van der Waals surface area contributed by atoms with Gasteiger partial charge in [-0.1, -0.05) is 42.5 Å². The molecule has 2 rings (SSSR count). The number of hydrogen-bond donors (Lipinski definition) is 1. The van der Waals surface area contributed by atoms with E-state index < -0.39 is 0 Å². The summed E-state index contributed by atoms with van der Waals surface area (Å²) >= 11 is 3.34. The molecule has 0 unspecified atom stereocenters. The molecule has 0 atom stereocenters. The van der Waals surface area contributed by atoms with Gasteiger partial charge >= 0.3 is 0 Å². The second-order valence-electron chi connectivity index (χ2n) is 3.92. The summed E-state index contributed by atoms with van der Waals surface area (Å²) in [6, 6.07) is 16.9. The average Bonchev–Trinajstić information content (AvgIpc) is 2.47. The molecule has 0 aromatic heterocycles. The second-order valence-corrected chi connectivity index (χ2v) is 4.78. The number of halogens is 1. The number of ether oxygens (including phenoxy) is 1. The Balaban J connectivity index is 1.79. The molecule has 4 nitrogen and oxygen atoms in total. The highest BCUT2D eigenvalue weighted by Crippen LogP contribution is 2.23. The fourth-order valence-electron chi connectivity index (χ4n) is 1.46. The van der Waals surface area contributed by atoms with Crippen LogP contribution in [0.4, 0.5) is 0 Å². The maximum atomic E-state index is 11.6. The molecule has 0 saturated heterocycles. The third-order valence-electron chi connectivity index (χ3n) is 2.40. The minimum atomic E-state index is -0.312.